The molecule has 0 N–H and O–H groups in total. The second-order valence-corrected chi connectivity index (χ2v) is 4.40. The minimum Gasteiger partial charge on any atom is -0.457 e. The van der Waals surface area contributed by atoms with E-state index in [-0.39, 0.29) is 11.3 Å². The molecular weight excluding hydrogens is 256 g/mol. The summed E-state index contributed by atoms with van der Waals surface area (Å²) in [5, 5.41) is 19.7. The molecule has 0 amide bonds. The maximum Gasteiger partial charge on any atom is 0.290 e. The monoisotopic (exact) mass is 268 g/mol. The van der Waals surface area contributed by atoms with E-state index in [0.29, 0.717) is 11.5 Å². The topological polar surface area (TPSA) is 76.2 Å². The van der Waals surface area contributed by atoms with Gasteiger partial charge in [-0.2, -0.15) is 5.26 Å². The third-order valence-electron chi connectivity index (χ3n) is 3.00. The van der Waals surface area contributed by atoms with E-state index in [9.17, 15) is 10.1 Å². The Balaban J connectivity index is 2.34. The van der Waals surface area contributed by atoms with Crippen LogP contribution in [0.15, 0.2) is 36.4 Å². The lowest BCUT2D eigenvalue weighted by atomic mass is 10.1. The first-order valence-corrected chi connectivity index (χ1v) is 5.95. The molecule has 5 heteroatoms. The Morgan fingerprint density at radius 3 is 2.35 bits per heavy atom. The van der Waals surface area contributed by atoms with Gasteiger partial charge in [-0.15, -0.1) is 0 Å². The molecule has 0 bridgehead atoms. The molecule has 0 aliphatic heterocycles. The van der Waals surface area contributed by atoms with Crippen molar-refractivity contribution in [1.29, 1.82) is 5.26 Å². The zero-order chi connectivity index (χ0) is 14.7. The first-order chi connectivity index (χ1) is 9.51. The van der Waals surface area contributed by atoms with Gasteiger partial charge in [0.1, 0.15) is 23.1 Å². The quantitative estimate of drug-likeness (QED) is 0.625. The minimum atomic E-state index is -0.591. The fourth-order valence-corrected chi connectivity index (χ4v) is 1.73. The molecule has 0 radical (unpaired) electrons. The molecule has 0 aromatic heterocycles. The Morgan fingerprint density at radius 1 is 1.10 bits per heavy atom. The van der Waals surface area contributed by atoms with Crippen LogP contribution in [0.25, 0.3) is 0 Å². The smallest absolute Gasteiger partial charge is 0.290 e. The largest absolute Gasteiger partial charge is 0.457 e. The number of rotatable bonds is 3. The van der Waals surface area contributed by atoms with Crippen molar-refractivity contribution in [2.45, 2.75) is 13.8 Å². The third-order valence-corrected chi connectivity index (χ3v) is 3.00. The molecule has 0 atom stereocenters. The predicted octanol–water partition coefficient (Wildman–Crippen LogP) is 3.88. The maximum absolute atomic E-state index is 10.9. The van der Waals surface area contributed by atoms with Crippen LogP contribution in [-0.2, 0) is 0 Å². The van der Waals surface area contributed by atoms with Crippen LogP contribution in [0.5, 0.6) is 11.5 Å². The molecule has 0 heterocycles. The molecule has 0 spiro atoms. The van der Waals surface area contributed by atoms with Crippen LogP contribution in [0.2, 0.25) is 0 Å². The molecule has 0 saturated carbocycles. The zero-order valence-corrected chi connectivity index (χ0v) is 11.1. The maximum atomic E-state index is 10.9. The van der Waals surface area contributed by atoms with Crippen LogP contribution in [-0.4, -0.2) is 4.92 Å². The summed E-state index contributed by atoms with van der Waals surface area (Å²) < 4.78 is 5.59. The van der Waals surface area contributed by atoms with E-state index >= 15 is 0 Å². The molecule has 100 valence electrons. The van der Waals surface area contributed by atoms with Crippen LogP contribution in [0, 0.1) is 35.3 Å². The van der Waals surface area contributed by atoms with E-state index in [1.54, 1.807) is 18.2 Å². The molecule has 0 aliphatic carbocycles. The number of aryl methyl sites for hydroxylation is 2. The van der Waals surface area contributed by atoms with Crippen LogP contribution < -0.4 is 4.74 Å². The number of nitro groups is 1. The van der Waals surface area contributed by atoms with Crippen molar-refractivity contribution in [3.63, 3.8) is 0 Å². The molecule has 20 heavy (non-hydrogen) atoms. The number of nitriles is 1. The van der Waals surface area contributed by atoms with E-state index in [1.807, 2.05) is 26.0 Å². The fraction of sp³-hybridized carbons (Fsp3) is 0.133. The molecule has 0 saturated heterocycles. The van der Waals surface area contributed by atoms with Crippen LogP contribution in [0.3, 0.4) is 0 Å². The van der Waals surface area contributed by atoms with Crippen molar-refractivity contribution in [2.24, 2.45) is 0 Å². The van der Waals surface area contributed by atoms with E-state index < -0.39 is 4.92 Å². The van der Waals surface area contributed by atoms with E-state index in [2.05, 4.69) is 0 Å². The number of nitrogens with zero attached hydrogens (tertiary/aromatic N) is 2. The van der Waals surface area contributed by atoms with Crippen LogP contribution in [0.4, 0.5) is 5.69 Å². The fourth-order valence-electron chi connectivity index (χ4n) is 1.73. The van der Waals surface area contributed by atoms with Crippen molar-refractivity contribution >= 4 is 5.69 Å². The Labute approximate surface area is 116 Å². The van der Waals surface area contributed by atoms with Gasteiger partial charge in [0.2, 0.25) is 0 Å². The van der Waals surface area contributed by atoms with Gasteiger partial charge in [0.25, 0.3) is 5.69 Å². The van der Waals surface area contributed by atoms with Gasteiger partial charge in [0.05, 0.1) is 11.0 Å². The average Bonchev–Trinajstić information content (AvgIpc) is 2.43. The summed E-state index contributed by atoms with van der Waals surface area (Å²) in [6.07, 6.45) is 0. The Hall–Kier alpha value is -2.87. The number of hydrogen-bond donors (Lipinski definition) is 0. The van der Waals surface area contributed by atoms with Gasteiger partial charge in [-0.25, -0.2) is 0 Å². The molecule has 2 rings (SSSR count). The van der Waals surface area contributed by atoms with E-state index in [0.717, 1.165) is 11.1 Å². The summed E-state index contributed by atoms with van der Waals surface area (Å²) in [5.41, 5.74) is 1.98. The summed E-state index contributed by atoms with van der Waals surface area (Å²) in [4.78, 5) is 10.3. The highest BCUT2D eigenvalue weighted by atomic mass is 16.6. The Kier molecular flexibility index (Phi) is 3.67. The van der Waals surface area contributed by atoms with Gasteiger partial charge < -0.3 is 4.74 Å². The average molecular weight is 268 g/mol. The van der Waals surface area contributed by atoms with Gasteiger partial charge in [0.15, 0.2) is 0 Å². The second kappa shape index (κ2) is 5.41. The summed E-state index contributed by atoms with van der Waals surface area (Å²) in [7, 11) is 0. The van der Waals surface area contributed by atoms with Crippen molar-refractivity contribution in [1.82, 2.24) is 0 Å². The molecule has 0 aliphatic rings. The molecule has 5 nitrogen and oxygen atoms in total. The standard InChI is InChI=1S/C15H12N2O3/c1-10-3-5-13(7-11(10)2)20-14-6-4-12(9-16)15(8-14)17(18)19/h3-8H,1-2H3. The van der Waals surface area contributed by atoms with Crippen molar-refractivity contribution in [3.05, 3.63) is 63.2 Å². The second-order valence-electron chi connectivity index (χ2n) is 4.40. The molecule has 0 fully saturated rings. The predicted molar refractivity (Wildman–Crippen MR) is 73.8 cm³/mol. The highest BCUT2D eigenvalue weighted by Crippen LogP contribution is 2.28. The number of ether oxygens (including phenoxy) is 1. The number of benzene rings is 2. The number of hydrogen-bond acceptors (Lipinski definition) is 4. The van der Waals surface area contributed by atoms with Crippen LogP contribution in [0.1, 0.15) is 16.7 Å². The molecular formula is C15H12N2O3. The number of nitro benzene ring substituents is 1. The van der Waals surface area contributed by atoms with E-state index in [1.165, 1.54) is 12.1 Å². The normalized spacial score (nSPS) is 9.85. The lowest BCUT2D eigenvalue weighted by molar-refractivity contribution is -0.385. The first-order valence-electron chi connectivity index (χ1n) is 5.95. The van der Waals surface area contributed by atoms with Crippen LogP contribution >= 0.6 is 0 Å². The zero-order valence-electron chi connectivity index (χ0n) is 11.1. The summed E-state index contributed by atoms with van der Waals surface area (Å²) in [5.74, 6) is 0.936. The summed E-state index contributed by atoms with van der Waals surface area (Å²) in [6, 6.07) is 11.5. The lowest BCUT2D eigenvalue weighted by Crippen LogP contribution is -1.94. The summed E-state index contributed by atoms with van der Waals surface area (Å²) in [6.45, 7) is 3.95. The lowest BCUT2D eigenvalue weighted by Gasteiger charge is -2.08. The molecule has 0 unspecified atom stereocenters. The van der Waals surface area contributed by atoms with Gasteiger partial charge in [0, 0.05) is 0 Å². The van der Waals surface area contributed by atoms with Gasteiger partial charge in [-0.05, 0) is 49.2 Å². The van der Waals surface area contributed by atoms with E-state index in [4.69, 9.17) is 10.00 Å². The third kappa shape index (κ3) is 2.75. The first kappa shape index (κ1) is 13.6. The highest BCUT2D eigenvalue weighted by molar-refractivity contribution is 5.53. The molecule has 2 aromatic carbocycles. The SMILES string of the molecule is Cc1ccc(Oc2ccc(C#N)c([N+](=O)[O-])c2)cc1C. The van der Waals surface area contributed by atoms with Crippen molar-refractivity contribution in [3.8, 4) is 17.6 Å². The minimum absolute atomic E-state index is 0.0161. The van der Waals surface area contributed by atoms with Crippen molar-refractivity contribution < 1.29 is 9.66 Å². The summed E-state index contributed by atoms with van der Waals surface area (Å²) >= 11 is 0. The Bertz CT molecular complexity index is 718. The van der Waals surface area contributed by atoms with Crippen molar-refractivity contribution in [2.75, 3.05) is 0 Å². The highest BCUT2D eigenvalue weighted by Gasteiger charge is 2.15. The van der Waals surface area contributed by atoms with Gasteiger partial charge in [-0.3, -0.25) is 10.1 Å². The Morgan fingerprint density at radius 2 is 1.75 bits per heavy atom. The van der Waals surface area contributed by atoms with Gasteiger partial charge >= 0.3 is 0 Å². The van der Waals surface area contributed by atoms with Gasteiger partial charge in [-0.1, -0.05) is 6.07 Å². The molecule has 2 aromatic rings.